The summed E-state index contributed by atoms with van der Waals surface area (Å²) in [5, 5.41) is 0. The fraction of sp³-hybridized carbons (Fsp3) is 0.667. The van der Waals surface area contributed by atoms with Crippen LogP contribution in [0.4, 0.5) is 0 Å². The van der Waals surface area contributed by atoms with Crippen LogP contribution in [0.3, 0.4) is 0 Å². The number of hydrogen-bond donors (Lipinski definition) is 1. The zero-order chi connectivity index (χ0) is 18.0. The highest BCUT2D eigenvalue weighted by molar-refractivity contribution is 7.87. The molecule has 7 nitrogen and oxygen atoms in total. The lowest BCUT2D eigenvalue weighted by Gasteiger charge is -2.32. The SMILES string of the molecule is COc1ncc(B2OC(C)(C)C(C)(C)O2)cc1C1(S(=O)(=O)O)CC1. The molecule has 1 N–H and O–H groups in total. The van der Waals surface area contributed by atoms with Crippen molar-refractivity contribution in [2.75, 3.05) is 7.11 Å². The number of nitrogens with zero attached hydrogens (tertiary/aromatic N) is 1. The van der Waals surface area contributed by atoms with Crippen LogP contribution in [0.1, 0.15) is 46.1 Å². The maximum Gasteiger partial charge on any atom is 0.496 e. The van der Waals surface area contributed by atoms with E-state index in [1.807, 2.05) is 27.7 Å². The molecule has 1 aromatic rings. The molecule has 9 heteroatoms. The van der Waals surface area contributed by atoms with E-state index in [2.05, 4.69) is 4.98 Å². The highest BCUT2D eigenvalue weighted by Crippen LogP contribution is 2.54. The highest BCUT2D eigenvalue weighted by atomic mass is 32.2. The van der Waals surface area contributed by atoms with Gasteiger partial charge in [0.15, 0.2) is 0 Å². The number of rotatable bonds is 4. The molecule has 0 aromatic carbocycles. The van der Waals surface area contributed by atoms with Crippen LogP contribution in [0.15, 0.2) is 12.3 Å². The minimum Gasteiger partial charge on any atom is -0.481 e. The molecule has 0 amide bonds. The van der Waals surface area contributed by atoms with Gasteiger partial charge in [0.05, 0.1) is 18.3 Å². The van der Waals surface area contributed by atoms with Crippen LogP contribution in [0, 0.1) is 0 Å². The van der Waals surface area contributed by atoms with Gasteiger partial charge in [0.2, 0.25) is 5.88 Å². The molecule has 0 atom stereocenters. The van der Waals surface area contributed by atoms with Crippen molar-refractivity contribution in [3.63, 3.8) is 0 Å². The molecular weight excluding hydrogens is 333 g/mol. The van der Waals surface area contributed by atoms with Gasteiger partial charge in [-0.15, -0.1) is 0 Å². The number of pyridine rings is 1. The zero-order valence-corrected chi connectivity index (χ0v) is 15.3. The second-order valence-corrected chi connectivity index (χ2v) is 9.11. The van der Waals surface area contributed by atoms with Gasteiger partial charge in [0, 0.05) is 17.2 Å². The Morgan fingerprint density at radius 3 is 2.17 bits per heavy atom. The second kappa shape index (κ2) is 5.17. The molecule has 1 aliphatic heterocycles. The van der Waals surface area contributed by atoms with Crippen molar-refractivity contribution in [2.24, 2.45) is 0 Å². The third-order valence-electron chi connectivity index (χ3n) is 5.28. The topological polar surface area (TPSA) is 95.0 Å². The van der Waals surface area contributed by atoms with Crippen molar-refractivity contribution in [3.8, 4) is 5.88 Å². The molecular formula is C15H22BNO6S. The molecule has 1 saturated carbocycles. The summed E-state index contributed by atoms with van der Waals surface area (Å²) in [6, 6.07) is 1.65. The summed E-state index contributed by atoms with van der Waals surface area (Å²) in [7, 11) is -3.51. The molecule has 132 valence electrons. The summed E-state index contributed by atoms with van der Waals surface area (Å²) in [6.45, 7) is 7.74. The van der Waals surface area contributed by atoms with Gasteiger partial charge in [-0.2, -0.15) is 8.42 Å². The molecule has 0 unspecified atom stereocenters. The van der Waals surface area contributed by atoms with Gasteiger partial charge in [-0.3, -0.25) is 4.55 Å². The zero-order valence-electron chi connectivity index (χ0n) is 14.5. The van der Waals surface area contributed by atoms with E-state index >= 15 is 0 Å². The van der Waals surface area contributed by atoms with Crippen LogP contribution in [-0.4, -0.2) is 43.4 Å². The third kappa shape index (κ3) is 2.54. The summed E-state index contributed by atoms with van der Waals surface area (Å²) in [5.41, 5.74) is -0.0880. The van der Waals surface area contributed by atoms with Crippen molar-refractivity contribution in [3.05, 3.63) is 17.8 Å². The molecule has 1 saturated heterocycles. The summed E-state index contributed by atoms with van der Waals surface area (Å²) in [6.07, 6.45) is 2.21. The average molecular weight is 355 g/mol. The molecule has 0 bridgehead atoms. The Balaban J connectivity index is 2.03. The van der Waals surface area contributed by atoms with E-state index in [1.165, 1.54) is 7.11 Å². The van der Waals surface area contributed by atoms with Gasteiger partial charge < -0.3 is 14.0 Å². The first kappa shape index (κ1) is 17.7. The summed E-state index contributed by atoms with van der Waals surface area (Å²) in [5.74, 6) is 0.186. The minimum atomic E-state index is -4.26. The Hall–Kier alpha value is -1.16. The van der Waals surface area contributed by atoms with E-state index in [4.69, 9.17) is 14.0 Å². The lowest BCUT2D eigenvalue weighted by atomic mass is 9.79. The molecule has 1 aromatic heterocycles. The number of ether oxygens (including phenoxy) is 1. The molecule has 1 aliphatic carbocycles. The Kier molecular flexibility index (Phi) is 3.81. The first-order valence-electron chi connectivity index (χ1n) is 7.81. The minimum absolute atomic E-state index is 0.186. The lowest BCUT2D eigenvalue weighted by molar-refractivity contribution is 0.00578. The number of hydrogen-bond acceptors (Lipinski definition) is 6. The van der Waals surface area contributed by atoms with Gasteiger partial charge >= 0.3 is 7.12 Å². The number of aromatic nitrogens is 1. The average Bonchev–Trinajstić information content (AvgIpc) is 3.22. The predicted octanol–water partition coefficient (Wildman–Crippen LogP) is 1.27. The van der Waals surface area contributed by atoms with E-state index in [0.29, 0.717) is 23.9 Å². The van der Waals surface area contributed by atoms with Gasteiger partial charge in [0.25, 0.3) is 10.1 Å². The van der Waals surface area contributed by atoms with Crippen molar-refractivity contribution in [2.45, 2.75) is 56.5 Å². The van der Waals surface area contributed by atoms with E-state index in [9.17, 15) is 13.0 Å². The molecule has 2 aliphatic rings. The van der Waals surface area contributed by atoms with Crippen LogP contribution in [-0.2, 0) is 24.2 Å². The van der Waals surface area contributed by atoms with E-state index in [1.54, 1.807) is 12.3 Å². The Morgan fingerprint density at radius 1 is 1.21 bits per heavy atom. The maximum atomic E-state index is 11.8. The predicted molar refractivity (Wildman–Crippen MR) is 89.0 cm³/mol. The molecule has 0 radical (unpaired) electrons. The van der Waals surface area contributed by atoms with Crippen LogP contribution in [0.5, 0.6) is 5.88 Å². The van der Waals surface area contributed by atoms with Crippen molar-refractivity contribution >= 4 is 22.7 Å². The second-order valence-electron chi connectivity index (χ2n) is 7.38. The van der Waals surface area contributed by atoms with Gasteiger partial charge in [-0.25, -0.2) is 4.98 Å². The van der Waals surface area contributed by atoms with Crippen molar-refractivity contribution in [1.29, 1.82) is 0 Å². The first-order chi connectivity index (χ1) is 10.9. The van der Waals surface area contributed by atoms with E-state index in [0.717, 1.165) is 0 Å². The molecule has 2 heterocycles. The molecule has 24 heavy (non-hydrogen) atoms. The fourth-order valence-corrected chi connectivity index (χ4v) is 3.89. The summed E-state index contributed by atoms with van der Waals surface area (Å²) in [4.78, 5) is 4.20. The fourth-order valence-electron chi connectivity index (χ4n) is 2.85. The van der Waals surface area contributed by atoms with Gasteiger partial charge in [0.1, 0.15) is 4.75 Å². The van der Waals surface area contributed by atoms with E-state index < -0.39 is 33.2 Å². The van der Waals surface area contributed by atoms with Crippen LogP contribution in [0.25, 0.3) is 0 Å². The van der Waals surface area contributed by atoms with Crippen LogP contribution < -0.4 is 10.2 Å². The van der Waals surface area contributed by atoms with Crippen LogP contribution >= 0.6 is 0 Å². The molecule has 2 fully saturated rings. The first-order valence-corrected chi connectivity index (χ1v) is 9.25. The largest absolute Gasteiger partial charge is 0.496 e. The third-order valence-corrected chi connectivity index (χ3v) is 6.90. The smallest absolute Gasteiger partial charge is 0.481 e. The Bertz CT molecular complexity index is 756. The van der Waals surface area contributed by atoms with Crippen LogP contribution in [0.2, 0.25) is 0 Å². The molecule has 0 spiro atoms. The van der Waals surface area contributed by atoms with Gasteiger partial charge in [-0.05, 0) is 40.5 Å². The Morgan fingerprint density at radius 2 is 1.75 bits per heavy atom. The highest BCUT2D eigenvalue weighted by Gasteiger charge is 2.58. The summed E-state index contributed by atoms with van der Waals surface area (Å²) < 4.78 is 49.1. The maximum absolute atomic E-state index is 11.8. The van der Waals surface area contributed by atoms with Crippen molar-refractivity contribution in [1.82, 2.24) is 4.98 Å². The number of methoxy groups -OCH3 is 1. The Labute approximate surface area is 142 Å². The standard InChI is InChI=1S/C15H22BNO6S/c1-13(2)14(3,4)23-16(22-13)10-8-11(12(21-5)17-9-10)15(6-7-15)24(18,19)20/h8-9H,6-7H2,1-5H3,(H,18,19,20). The normalized spacial score (nSPS) is 24.0. The lowest BCUT2D eigenvalue weighted by Crippen LogP contribution is -2.41. The van der Waals surface area contributed by atoms with E-state index in [-0.39, 0.29) is 5.88 Å². The summed E-state index contributed by atoms with van der Waals surface area (Å²) >= 11 is 0. The van der Waals surface area contributed by atoms with Crippen molar-refractivity contribution < 1.29 is 27.0 Å². The monoisotopic (exact) mass is 355 g/mol. The quantitative estimate of drug-likeness (QED) is 0.642. The molecule has 3 rings (SSSR count). The van der Waals surface area contributed by atoms with Gasteiger partial charge in [-0.1, -0.05) is 6.07 Å².